The van der Waals surface area contributed by atoms with Crippen molar-refractivity contribution in [1.29, 1.82) is 0 Å². The number of hydrogen-bond donors (Lipinski definition) is 1. The Morgan fingerprint density at radius 2 is 1.60 bits per heavy atom. The van der Waals surface area contributed by atoms with Gasteiger partial charge in [-0.25, -0.2) is 8.42 Å². The van der Waals surface area contributed by atoms with Crippen LogP contribution in [0.2, 0.25) is 5.02 Å². The Kier molecular flexibility index (Phi) is 11.6. The van der Waals surface area contributed by atoms with Gasteiger partial charge >= 0.3 is 0 Å². The fraction of sp³-hybridized carbons (Fsp3) is 0.355. The third kappa shape index (κ3) is 8.87. The first-order valence-corrected chi connectivity index (χ1v) is 15.8. The zero-order valence-corrected chi connectivity index (χ0v) is 26.1. The lowest BCUT2D eigenvalue weighted by molar-refractivity contribution is -0.140. The van der Waals surface area contributed by atoms with Gasteiger partial charge in [0.1, 0.15) is 12.6 Å². The van der Waals surface area contributed by atoms with Gasteiger partial charge in [-0.1, -0.05) is 61.0 Å². The number of anilines is 1. The van der Waals surface area contributed by atoms with Gasteiger partial charge in [0.2, 0.25) is 21.8 Å². The maximum atomic E-state index is 14.2. The molecule has 226 valence electrons. The highest BCUT2D eigenvalue weighted by Gasteiger charge is 2.33. The molecule has 0 bridgehead atoms. The molecule has 0 heterocycles. The van der Waals surface area contributed by atoms with Gasteiger partial charge in [0, 0.05) is 30.1 Å². The van der Waals surface area contributed by atoms with E-state index in [0.717, 1.165) is 16.1 Å². The number of rotatable bonds is 14. The van der Waals surface area contributed by atoms with Crippen molar-refractivity contribution in [1.82, 2.24) is 10.2 Å². The number of sulfonamides is 1. The second-order valence-corrected chi connectivity index (χ2v) is 12.3. The average Bonchev–Trinajstić information content (AvgIpc) is 2.97. The van der Waals surface area contributed by atoms with Crippen molar-refractivity contribution < 1.29 is 27.5 Å². The Morgan fingerprint density at radius 3 is 2.19 bits per heavy atom. The molecule has 0 unspecified atom stereocenters. The molecule has 1 N–H and O–H groups in total. The fourth-order valence-corrected chi connectivity index (χ4v) is 5.48. The molecule has 0 spiro atoms. The van der Waals surface area contributed by atoms with E-state index in [4.69, 9.17) is 21.1 Å². The number of carbonyl (C=O) groups excluding carboxylic acids is 2. The highest BCUT2D eigenvalue weighted by Crippen LogP contribution is 2.32. The van der Waals surface area contributed by atoms with Crippen LogP contribution in [0.4, 0.5) is 5.69 Å². The minimum absolute atomic E-state index is 0.0361. The van der Waals surface area contributed by atoms with Crippen molar-refractivity contribution in [3.63, 3.8) is 0 Å². The van der Waals surface area contributed by atoms with Gasteiger partial charge in [0.25, 0.3) is 0 Å². The number of carbonyl (C=O) groups is 2. The molecule has 11 heteroatoms. The van der Waals surface area contributed by atoms with Crippen molar-refractivity contribution in [3.8, 4) is 11.5 Å². The van der Waals surface area contributed by atoms with Crippen LogP contribution in [0.25, 0.3) is 0 Å². The maximum Gasteiger partial charge on any atom is 0.244 e. The summed E-state index contributed by atoms with van der Waals surface area (Å²) in [4.78, 5) is 29.3. The standard InChI is InChI=1S/C31H38ClN3O6S/c1-6-22(2)33-31(37)27(18-23-11-8-7-9-12-23)34(20-24-13-10-14-25(32)17-24)30(36)21-35(42(5,38)39)26-15-16-28(40-3)29(19-26)41-4/h7-17,19,22,27H,6,18,20-21H2,1-5H3,(H,33,37)/t22-,27-/m0/s1. The lowest BCUT2D eigenvalue weighted by Crippen LogP contribution is -2.54. The molecule has 3 rings (SSSR count). The van der Waals surface area contributed by atoms with Crippen LogP contribution >= 0.6 is 11.6 Å². The van der Waals surface area contributed by atoms with Gasteiger partial charge < -0.3 is 19.7 Å². The summed E-state index contributed by atoms with van der Waals surface area (Å²) in [5.74, 6) is -0.175. The lowest BCUT2D eigenvalue weighted by Gasteiger charge is -2.34. The van der Waals surface area contributed by atoms with E-state index in [1.165, 1.54) is 31.3 Å². The van der Waals surface area contributed by atoms with Crippen molar-refractivity contribution in [3.05, 3.63) is 88.9 Å². The molecule has 0 aliphatic heterocycles. The SMILES string of the molecule is CC[C@H](C)NC(=O)[C@H](Cc1ccccc1)N(Cc1cccc(Cl)c1)C(=O)CN(c1ccc(OC)c(OC)c1)S(C)(=O)=O. The van der Waals surface area contributed by atoms with Crippen LogP contribution in [0.5, 0.6) is 11.5 Å². The van der Waals surface area contributed by atoms with Crippen molar-refractivity contribution in [2.75, 3.05) is 31.3 Å². The van der Waals surface area contributed by atoms with Crippen LogP contribution in [-0.2, 0) is 32.6 Å². The van der Waals surface area contributed by atoms with Gasteiger partial charge in [0.05, 0.1) is 26.2 Å². The lowest BCUT2D eigenvalue weighted by atomic mass is 10.0. The number of nitrogens with zero attached hydrogens (tertiary/aromatic N) is 2. The summed E-state index contributed by atoms with van der Waals surface area (Å²) >= 11 is 6.25. The molecule has 0 fully saturated rings. The summed E-state index contributed by atoms with van der Waals surface area (Å²) in [6, 6.07) is 19.9. The highest BCUT2D eigenvalue weighted by molar-refractivity contribution is 7.92. The van der Waals surface area contributed by atoms with Crippen LogP contribution in [0.15, 0.2) is 72.8 Å². The van der Waals surface area contributed by atoms with Crippen LogP contribution in [0.3, 0.4) is 0 Å². The molecular weight excluding hydrogens is 578 g/mol. The van der Waals surface area contributed by atoms with Gasteiger partial charge in [-0.15, -0.1) is 0 Å². The van der Waals surface area contributed by atoms with E-state index in [-0.39, 0.29) is 30.6 Å². The number of halogens is 1. The second kappa shape index (κ2) is 14.9. The van der Waals surface area contributed by atoms with Crippen LogP contribution in [-0.4, -0.2) is 64.2 Å². The predicted molar refractivity (Wildman–Crippen MR) is 166 cm³/mol. The molecule has 9 nitrogen and oxygen atoms in total. The summed E-state index contributed by atoms with van der Waals surface area (Å²) in [7, 11) is -1.02. The Morgan fingerprint density at radius 1 is 0.929 bits per heavy atom. The summed E-state index contributed by atoms with van der Waals surface area (Å²) in [5, 5.41) is 3.48. The third-order valence-corrected chi connectivity index (χ3v) is 8.22. The number of benzene rings is 3. The van der Waals surface area contributed by atoms with E-state index in [0.29, 0.717) is 28.5 Å². The van der Waals surface area contributed by atoms with Crippen LogP contribution in [0.1, 0.15) is 31.4 Å². The van der Waals surface area contributed by atoms with Gasteiger partial charge in [0.15, 0.2) is 11.5 Å². The Balaban J connectivity index is 2.08. The molecule has 0 aliphatic rings. The number of hydrogen-bond acceptors (Lipinski definition) is 6. The Bertz CT molecular complexity index is 1470. The van der Waals surface area contributed by atoms with E-state index in [2.05, 4.69) is 5.32 Å². The first kappa shape index (κ1) is 32.8. The molecule has 3 aromatic carbocycles. The molecule has 0 saturated heterocycles. The molecule has 2 amide bonds. The zero-order chi connectivity index (χ0) is 30.9. The van der Waals surface area contributed by atoms with Crippen LogP contribution < -0.4 is 19.1 Å². The summed E-state index contributed by atoms with van der Waals surface area (Å²) in [6.07, 6.45) is 1.95. The smallest absolute Gasteiger partial charge is 0.244 e. The van der Waals surface area contributed by atoms with Crippen molar-refractivity contribution >= 4 is 39.1 Å². The molecule has 0 radical (unpaired) electrons. The van der Waals surface area contributed by atoms with E-state index in [1.54, 1.807) is 30.3 Å². The molecule has 0 aliphatic carbocycles. The topological polar surface area (TPSA) is 105 Å². The highest BCUT2D eigenvalue weighted by atomic mass is 35.5. The first-order valence-electron chi connectivity index (χ1n) is 13.5. The fourth-order valence-electron chi connectivity index (χ4n) is 4.42. The Hall–Kier alpha value is -3.76. The third-order valence-electron chi connectivity index (χ3n) is 6.85. The minimum atomic E-state index is -3.93. The summed E-state index contributed by atoms with van der Waals surface area (Å²) < 4.78 is 37.7. The molecule has 0 aromatic heterocycles. The monoisotopic (exact) mass is 615 g/mol. The molecule has 3 aromatic rings. The normalized spacial score (nSPS) is 12.6. The van der Waals surface area contributed by atoms with E-state index >= 15 is 0 Å². The molecule has 42 heavy (non-hydrogen) atoms. The summed E-state index contributed by atoms with van der Waals surface area (Å²) in [6.45, 7) is 3.34. The van der Waals surface area contributed by atoms with E-state index < -0.39 is 28.5 Å². The average molecular weight is 616 g/mol. The first-order chi connectivity index (χ1) is 20.0. The molecular formula is C31H38ClN3O6S. The van der Waals surface area contributed by atoms with E-state index in [9.17, 15) is 18.0 Å². The van der Waals surface area contributed by atoms with E-state index in [1.807, 2.05) is 44.2 Å². The molecule has 0 saturated carbocycles. The largest absolute Gasteiger partial charge is 0.493 e. The van der Waals surface area contributed by atoms with Gasteiger partial charge in [-0.2, -0.15) is 0 Å². The number of ether oxygens (including phenoxy) is 2. The number of nitrogens with one attached hydrogen (secondary N) is 1. The maximum absolute atomic E-state index is 14.2. The quantitative estimate of drug-likeness (QED) is 0.282. The second-order valence-electron chi connectivity index (χ2n) is 9.98. The summed E-state index contributed by atoms with van der Waals surface area (Å²) in [5.41, 5.74) is 1.77. The van der Waals surface area contributed by atoms with Gasteiger partial charge in [-0.3, -0.25) is 13.9 Å². The predicted octanol–water partition coefficient (Wildman–Crippen LogP) is 4.68. The minimum Gasteiger partial charge on any atom is -0.493 e. The Labute approximate surface area is 253 Å². The number of amides is 2. The van der Waals surface area contributed by atoms with Crippen LogP contribution in [0, 0.1) is 0 Å². The van der Waals surface area contributed by atoms with Crippen molar-refractivity contribution in [2.45, 2.75) is 45.3 Å². The number of methoxy groups -OCH3 is 2. The zero-order valence-electron chi connectivity index (χ0n) is 24.5. The molecule has 2 atom stereocenters. The van der Waals surface area contributed by atoms with Crippen molar-refractivity contribution in [2.24, 2.45) is 0 Å². The van der Waals surface area contributed by atoms with Gasteiger partial charge in [-0.05, 0) is 48.7 Å².